The minimum absolute atomic E-state index is 0.150. The number of nitrogen functional groups attached to an aromatic ring is 1. The molecule has 0 radical (unpaired) electrons. The van der Waals surface area contributed by atoms with Crippen molar-refractivity contribution in [1.82, 2.24) is 4.98 Å². The van der Waals surface area contributed by atoms with Crippen LogP contribution in [-0.4, -0.2) is 11.6 Å². The van der Waals surface area contributed by atoms with Gasteiger partial charge >= 0.3 is 0 Å². The normalized spacial score (nSPS) is 12.2. The van der Waals surface area contributed by atoms with E-state index in [0.29, 0.717) is 12.3 Å². The number of aryl methyl sites for hydroxylation is 1. The number of thiazole rings is 1. The second kappa shape index (κ2) is 6.61. The fourth-order valence-electron chi connectivity index (χ4n) is 1.95. The van der Waals surface area contributed by atoms with Crippen molar-refractivity contribution < 1.29 is 4.74 Å². The minimum atomic E-state index is 0.150. The van der Waals surface area contributed by atoms with Gasteiger partial charge in [0.25, 0.3) is 0 Å². The van der Waals surface area contributed by atoms with Crippen LogP contribution in [0, 0.1) is 0 Å². The van der Waals surface area contributed by atoms with Crippen LogP contribution in [0.1, 0.15) is 36.7 Å². The number of nitrogens with two attached hydrogens (primary N) is 1. The SMILES string of the molecule is CCOc1cc(N)cc(NC(C)c2ncc(CC)s2)c1. The third-order valence-corrected chi connectivity index (χ3v) is 4.24. The average Bonchev–Trinajstić information content (AvgIpc) is 2.87. The van der Waals surface area contributed by atoms with Gasteiger partial charge in [-0.05, 0) is 26.3 Å². The van der Waals surface area contributed by atoms with Crippen molar-refractivity contribution in [1.29, 1.82) is 0 Å². The summed E-state index contributed by atoms with van der Waals surface area (Å²) in [7, 11) is 0. The maximum absolute atomic E-state index is 5.90. The maximum Gasteiger partial charge on any atom is 0.123 e. The Morgan fingerprint density at radius 3 is 2.80 bits per heavy atom. The molecule has 0 aliphatic carbocycles. The van der Waals surface area contributed by atoms with Gasteiger partial charge in [-0.1, -0.05) is 6.92 Å². The molecule has 1 atom stereocenters. The summed E-state index contributed by atoms with van der Waals surface area (Å²) in [6, 6.07) is 5.85. The monoisotopic (exact) mass is 291 g/mol. The zero-order chi connectivity index (χ0) is 14.5. The molecule has 5 heteroatoms. The molecular weight excluding hydrogens is 270 g/mol. The van der Waals surface area contributed by atoms with Crippen molar-refractivity contribution in [2.75, 3.05) is 17.7 Å². The van der Waals surface area contributed by atoms with Crippen molar-refractivity contribution in [3.05, 3.63) is 34.3 Å². The molecule has 1 unspecified atom stereocenters. The van der Waals surface area contributed by atoms with Crippen molar-refractivity contribution in [3.8, 4) is 5.75 Å². The first-order valence-corrected chi connectivity index (χ1v) is 7.68. The maximum atomic E-state index is 5.90. The lowest BCUT2D eigenvalue weighted by molar-refractivity contribution is 0.340. The molecular formula is C15H21N3OS. The molecule has 2 aromatic rings. The summed E-state index contributed by atoms with van der Waals surface area (Å²) in [5, 5.41) is 4.51. The van der Waals surface area contributed by atoms with Crippen LogP contribution in [0.25, 0.3) is 0 Å². The molecule has 3 N–H and O–H groups in total. The number of aromatic nitrogens is 1. The number of benzene rings is 1. The molecule has 0 spiro atoms. The summed E-state index contributed by atoms with van der Waals surface area (Å²) in [6.07, 6.45) is 2.97. The smallest absolute Gasteiger partial charge is 0.123 e. The highest BCUT2D eigenvalue weighted by Crippen LogP contribution is 2.28. The lowest BCUT2D eigenvalue weighted by Crippen LogP contribution is -2.06. The lowest BCUT2D eigenvalue weighted by atomic mass is 10.2. The first-order chi connectivity index (χ1) is 9.62. The van der Waals surface area contributed by atoms with Crippen LogP contribution < -0.4 is 15.8 Å². The Hall–Kier alpha value is -1.75. The van der Waals surface area contributed by atoms with E-state index in [1.807, 2.05) is 31.3 Å². The Morgan fingerprint density at radius 2 is 2.15 bits per heavy atom. The quantitative estimate of drug-likeness (QED) is 0.793. The van der Waals surface area contributed by atoms with Gasteiger partial charge in [-0.25, -0.2) is 4.98 Å². The number of anilines is 2. The van der Waals surface area contributed by atoms with Gasteiger partial charge in [-0.15, -0.1) is 11.3 Å². The Balaban J connectivity index is 2.12. The van der Waals surface area contributed by atoms with Crippen molar-refractivity contribution in [2.24, 2.45) is 0 Å². The van der Waals surface area contributed by atoms with Gasteiger partial charge in [0, 0.05) is 34.6 Å². The molecule has 0 fully saturated rings. The van der Waals surface area contributed by atoms with Crippen LogP contribution in [0.2, 0.25) is 0 Å². The number of rotatable bonds is 6. The molecule has 0 saturated heterocycles. The molecule has 0 aliphatic rings. The van der Waals surface area contributed by atoms with E-state index in [1.165, 1.54) is 4.88 Å². The average molecular weight is 291 g/mol. The van der Waals surface area contributed by atoms with E-state index in [2.05, 4.69) is 24.1 Å². The number of hydrogen-bond donors (Lipinski definition) is 2. The van der Waals surface area contributed by atoms with Gasteiger partial charge in [-0.2, -0.15) is 0 Å². The zero-order valence-corrected chi connectivity index (χ0v) is 13.0. The first-order valence-electron chi connectivity index (χ1n) is 6.86. The fourth-order valence-corrected chi connectivity index (χ4v) is 2.81. The molecule has 2 rings (SSSR count). The summed E-state index contributed by atoms with van der Waals surface area (Å²) < 4.78 is 5.50. The molecule has 0 bridgehead atoms. The highest BCUT2D eigenvalue weighted by molar-refractivity contribution is 7.11. The van der Waals surface area contributed by atoms with E-state index in [-0.39, 0.29) is 6.04 Å². The van der Waals surface area contributed by atoms with E-state index in [4.69, 9.17) is 10.5 Å². The molecule has 1 aromatic carbocycles. The second-order valence-corrected chi connectivity index (χ2v) is 5.75. The van der Waals surface area contributed by atoms with Gasteiger partial charge in [0.15, 0.2) is 0 Å². The summed E-state index contributed by atoms with van der Waals surface area (Å²) in [4.78, 5) is 5.76. The third kappa shape index (κ3) is 3.63. The van der Waals surface area contributed by atoms with Crippen LogP contribution in [0.3, 0.4) is 0 Å². The summed E-state index contributed by atoms with van der Waals surface area (Å²) >= 11 is 1.74. The molecule has 1 aromatic heterocycles. The van der Waals surface area contributed by atoms with Crippen LogP contribution in [0.4, 0.5) is 11.4 Å². The van der Waals surface area contributed by atoms with Crippen molar-refractivity contribution in [2.45, 2.75) is 33.2 Å². The number of hydrogen-bond acceptors (Lipinski definition) is 5. The standard InChI is InChI=1S/C15H21N3OS/c1-4-14-9-17-15(20-14)10(3)18-12-6-11(16)7-13(8-12)19-5-2/h6-10,18H,4-5,16H2,1-3H3. The van der Waals surface area contributed by atoms with Crippen LogP contribution in [0.15, 0.2) is 24.4 Å². The second-order valence-electron chi connectivity index (χ2n) is 4.61. The van der Waals surface area contributed by atoms with Gasteiger partial charge in [-0.3, -0.25) is 0 Å². The summed E-state index contributed by atoms with van der Waals surface area (Å²) in [5.41, 5.74) is 7.54. The molecule has 108 valence electrons. The predicted molar refractivity (Wildman–Crippen MR) is 85.6 cm³/mol. The van der Waals surface area contributed by atoms with Crippen LogP contribution >= 0.6 is 11.3 Å². The van der Waals surface area contributed by atoms with Gasteiger partial charge in [0.1, 0.15) is 10.8 Å². The largest absolute Gasteiger partial charge is 0.494 e. The Kier molecular flexibility index (Phi) is 4.84. The molecule has 0 saturated carbocycles. The molecule has 0 amide bonds. The van der Waals surface area contributed by atoms with Gasteiger partial charge in [0.2, 0.25) is 0 Å². The van der Waals surface area contributed by atoms with E-state index in [0.717, 1.165) is 22.9 Å². The van der Waals surface area contributed by atoms with Crippen LogP contribution in [0.5, 0.6) is 5.75 Å². The molecule has 1 heterocycles. The van der Waals surface area contributed by atoms with E-state index < -0.39 is 0 Å². The zero-order valence-electron chi connectivity index (χ0n) is 12.1. The minimum Gasteiger partial charge on any atom is -0.494 e. The predicted octanol–water partition coefficient (Wildman–Crippen LogP) is 3.86. The fraction of sp³-hybridized carbons (Fsp3) is 0.400. The molecule has 4 nitrogen and oxygen atoms in total. The highest BCUT2D eigenvalue weighted by Gasteiger charge is 2.11. The van der Waals surface area contributed by atoms with Gasteiger partial charge in [0.05, 0.1) is 12.6 Å². The Morgan fingerprint density at radius 1 is 1.35 bits per heavy atom. The van der Waals surface area contributed by atoms with E-state index in [1.54, 1.807) is 11.3 Å². The van der Waals surface area contributed by atoms with Gasteiger partial charge < -0.3 is 15.8 Å². The Bertz CT molecular complexity index is 568. The van der Waals surface area contributed by atoms with Crippen molar-refractivity contribution in [3.63, 3.8) is 0 Å². The van der Waals surface area contributed by atoms with E-state index in [9.17, 15) is 0 Å². The van der Waals surface area contributed by atoms with Crippen molar-refractivity contribution >= 4 is 22.7 Å². The first kappa shape index (κ1) is 14.7. The number of nitrogens with zero attached hydrogens (tertiary/aromatic N) is 1. The van der Waals surface area contributed by atoms with E-state index >= 15 is 0 Å². The third-order valence-electron chi connectivity index (χ3n) is 2.91. The summed E-state index contributed by atoms with van der Waals surface area (Å²) in [5.74, 6) is 0.788. The topological polar surface area (TPSA) is 60.2 Å². The molecule has 20 heavy (non-hydrogen) atoms. The molecule has 0 aliphatic heterocycles. The van der Waals surface area contributed by atoms with Crippen LogP contribution in [-0.2, 0) is 6.42 Å². The summed E-state index contributed by atoms with van der Waals surface area (Å²) in [6.45, 7) is 6.83. The number of nitrogens with one attached hydrogen (secondary N) is 1. The number of ether oxygens (including phenoxy) is 1. The Labute approximate surface area is 124 Å². The highest BCUT2D eigenvalue weighted by atomic mass is 32.1. The lowest BCUT2D eigenvalue weighted by Gasteiger charge is -2.14.